The zero-order valence-electron chi connectivity index (χ0n) is 17.9. The van der Waals surface area contributed by atoms with Crippen LogP contribution in [0.4, 0.5) is 10.1 Å². The number of methoxy groups -OCH3 is 1. The topological polar surface area (TPSA) is 122 Å². The molecule has 178 valence electrons. The maximum absolute atomic E-state index is 14.4. The molecule has 1 aliphatic carbocycles. The van der Waals surface area contributed by atoms with Crippen LogP contribution < -0.4 is 14.8 Å². The van der Waals surface area contributed by atoms with Gasteiger partial charge in [0.25, 0.3) is 5.91 Å². The Labute approximate surface area is 192 Å². The molecule has 33 heavy (non-hydrogen) atoms. The smallest absolute Gasteiger partial charge is 0.255 e. The summed E-state index contributed by atoms with van der Waals surface area (Å²) in [7, 11) is -6.49. The Kier molecular flexibility index (Phi) is 6.45. The number of nitrogens with one attached hydrogen (secondary N) is 2. The Balaban J connectivity index is 1.62. The van der Waals surface area contributed by atoms with E-state index in [9.17, 15) is 26.0 Å². The van der Waals surface area contributed by atoms with Gasteiger partial charge >= 0.3 is 0 Å². The molecule has 9 nitrogen and oxygen atoms in total. The number of rotatable bonds is 8. The second-order valence-corrected chi connectivity index (χ2v) is 11.6. The Morgan fingerprint density at radius 1 is 1.06 bits per heavy atom. The predicted molar refractivity (Wildman–Crippen MR) is 119 cm³/mol. The van der Waals surface area contributed by atoms with E-state index in [1.807, 2.05) is 0 Å². The molecule has 1 heterocycles. The second kappa shape index (κ2) is 9.01. The van der Waals surface area contributed by atoms with Gasteiger partial charge in [0, 0.05) is 24.7 Å². The minimum Gasteiger partial charge on any atom is -0.495 e. The van der Waals surface area contributed by atoms with Crippen LogP contribution in [-0.2, 0) is 20.0 Å². The van der Waals surface area contributed by atoms with Crippen LogP contribution in [0.2, 0.25) is 0 Å². The summed E-state index contributed by atoms with van der Waals surface area (Å²) in [5.74, 6) is -1.48. The first-order chi connectivity index (χ1) is 15.6. The first-order valence-corrected chi connectivity index (χ1v) is 13.4. The van der Waals surface area contributed by atoms with E-state index in [4.69, 9.17) is 4.74 Å². The van der Waals surface area contributed by atoms with Gasteiger partial charge in [-0.05, 0) is 62.1 Å². The van der Waals surface area contributed by atoms with E-state index in [1.54, 1.807) is 0 Å². The lowest BCUT2D eigenvalue weighted by Crippen LogP contribution is -2.29. The van der Waals surface area contributed by atoms with Gasteiger partial charge in [0.2, 0.25) is 20.0 Å². The molecule has 0 aromatic heterocycles. The third kappa shape index (κ3) is 5.03. The summed E-state index contributed by atoms with van der Waals surface area (Å²) in [6.07, 6.45) is 2.92. The number of halogens is 1. The Morgan fingerprint density at radius 2 is 1.76 bits per heavy atom. The van der Waals surface area contributed by atoms with E-state index in [0.717, 1.165) is 31.0 Å². The maximum atomic E-state index is 14.4. The normalized spacial score (nSPS) is 17.2. The molecule has 0 atom stereocenters. The molecule has 0 bridgehead atoms. The monoisotopic (exact) mass is 497 g/mol. The third-order valence-corrected chi connectivity index (χ3v) is 8.94. The average Bonchev–Trinajstić information content (AvgIpc) is 3.38. The van der Waals surface area contributed by atoms with E-state index in [0.29, 0.717) is 25.9 Å². The summed E-state index contributed by atoms with van der Waals surface area (Å²) in [6, 6.07) is 7.01. The van der Waals surface area contributed by atoms with Gasteiger partial charge in [0.05, 0.1) is 17.7 Å². The lowest BCUT2D eigenvalue weighted by atomic mass is 10.2. The molecule has 0 radical (unpaired) electrons. The SMILES string of the molecule is COc1ccc(S(=O)(=O)NC2CC2)cc1NC(=O)c1ccc(F)c(S(=O)(=O)N2CCCC2)c1. The molecule has 0 spiro atoms. The van der Waals surface area contributed by atoms with Crippen molar-refractivity contribution in [1.82, 2.24) is 9.03 Å². The molecular formula is C21H24FN3O6S2. The number of carbonyl (C=O) groups is 1. The number of sulfonamides is 2. The van der Waals surface area contributed by atoms with Gasteiger partial charge in [0.15, 0.2) is 0 Å². The predicted octanol–water partition coefficient (Wildman–Crippen LogP) is 2.31. The minimum atomic E-state index is -4.08. The van der Waals surface area contributed by atoms with Crippen molar-refractivity contribution >= 4 is 31.6 Å². The van der Waals surface area contributed by atoms with Crippen molar-refractivity contribution in [3.8, 4) is 5.75 Å². The standard InChI is InChI=1S/C21H24FN3O6S2/c1-31-19-9-7-16(32(27,28)24-15-5-6-15)13-18(19)23-21(26)14-4-8-17(22)20(12-14)33(29,30)25-10-2-3-11-25/h4,7-9,12-13,15,24H,2-3,5-6,10-11H2,1H3,(H,23,26). The number of carbonyl (C=O) groups excluding carboxylic acids is 1. The number of hydrogen-bond donors (Lipinski definition) is 2. The first-order valence-electron chi connectivity index (χ1n) is 10.4. The van der Waals surface area contributed by atoms with Gasteiger partial charge in [-0.25, -0.2) is 25.9 Å². The average molecular weight is 498 g/mol. The molecule has 2 aromatic carbocycles. The quantitative estimate of drug-likeness (QED) is 0.577. The molecular weight excluding hydrogens is 473 g/mol. The van der Waals surface area contributed by atoms with Gasteiger partial charge in [-0.1, -0.05) is 0 Å². The van der Waals surface area contributed by atoms with Gasteiger partial charge in [-0.2, -0.15) is 4.31 Å². The molecule has 1 saturated heterocycles. The van der Waals surface area contributed by atoms with E-state index < -0.39 is 36.7 Å². The molecule has 1 aliphatic heterocycles. The zero-order chi connectivity index (χ0) is 23.8. The fourth-order valence-corrected chi connectivity index (χ4v) is 6.48. The maximum Gasteiger partial charge on any atom is 0.255 e. The van der Waals surface area contributed by atoms with Gasteiger partial charge in [-0.15, -0.1) is 0 Å². The van der Waals surface area contributed by atoms with Crippen LogP contribution in [0.1, 0.15) is 36.0 Å². The van der Waals surface area contributed by atoms with Crippen molar-refractivity contribution in [3.05, 3.63) is 47.8 Å². The number of anilines is 1. The molecule has 2 fully saturated rings. The van der Waals surface area contributed by atoms with Crippen LogP contribution in [0, 0.1) is 5.82 Å². The van der Waals surface area contributed by atoms with E-state index in [1.165, 1.54) is 29.6 Å². The van der Waals surface area contributed by atoms with Gasteiger partial charge in [0.1, 0.15) is 16.5 Å². The van der Waals surface area contributed by atoms with E-state index in [2.05, 4.69) is 10.0 Å². The van der Waals surface area contributed by atoms with Crippen LogP contribution in [0.5, 0.6) is 5.75 Å². The molecule has 2 aromatic rings. The molecule has 12 heteroatoms. The number of amides is 1. The summed E-state index contributed by atoms with van der Waals surface area (Å²) in [6.45, 7) is 0.594. The zero-order valence-corrected chi connectivity index (χ0v) is 19.5. The lowest BCUT2D eigenvalue weighted by molar-refractivity contribution is 0.102. The summed E-state index contributed by atoms with van der Waals surface area (Å²) in [4.78, 5) is 12.3. The van der Waals surface area contributed by atoms with Crippen molar-refractivity contribution in [3.63, 3.8) is 0 Å². The van der Waals surface area contributed by atoms with Crippen LogP contribution in [0.3, 0.4) is 0 Å². The van der Waals surface area contributed by atoms with Crippen LogP contribution in [0.25, 0.3) is 0 Å². The third-order valence-electron chi connectivity index (χ3n) is 5.50. The van der Waals surface area contributed by atoms with Gasteiger partial charge in [-0.3, -0.25) is 4.79 Å². The van der Waals surface area contributed by atoms with Gasteiger partial charge < -0.3 is 10.1 Å². The molecule has 4 rings (SSSR count). The summed E-state index contributed by atoms with van der Waals surface area (Å²) >= 11 is 0. The highest BCUT2D eigenvalue weighted by Crippen LogP contribution is 2.30. The largest absolute Gasteiger partial charge is 0.495 e. The highest BCUT2D eigenvalue weighted by atomic mass is 32.2. The van der Waals surface area contributed by atoms with E-state index >= 15 is 0 Å². The summed E-state index contributed by atoms with van der Waals surface area (Å²) in [5, 5.41) is 2.54. The number of hydrogen-bond acceptors (Lipinski definition) is 6. The molecule has 1 amide bonds. The number of nitrogens with zero attached hydrogens (tertiary/aromatic N) is 1. The van der Waals surface area contributed by atoms with Crippen LogP contribution >= 0.6 is 0 Å². The minimum absolute atomic E-state index is 0.0538. The Bertz CT molecular complexity index is 1290. The van der Waals surface area contributed by atoms with Crippen LogP contribution in [0.15, 0.2) is 46.2 Å². The summed E-state index contributed by atoms with van der Waals surface area (Å²) in [5.41, 5.74) is -0.0185. The number of ether oxygens (including phenoxy) is 1. The van der Waals surface area contributed by atoms with Crippen LogP contribution in [-0.4, -0.2) is 53.3 Å². The second-order valence-electron chi connectivity index (χ2n) is 7.97. The molecule has 2 N–H and O–H groups in total. The molecule has 0 unspecified atom stereocenters. The van der Waals surface area contributed by atoms with Crippen molar-refractivity contribution in [2.45, 2.75) is 41.5 Å². The number of benzene rings is 2. The summed E-state index contributed by atoms with van der Waals surface area (Å²) < 4.78 is 74.0. The fraction of sp³-hybridized carbons (Fsp3) is 0.381. The highest BCUT2D eigenvalue weighted by molar-refractivity contribution is 7.89. The highest BCUT2D eigenvalue weighted by Gasteiger charge is 2.31. The molecule has 1 saturated carbocycles. The fourth-order valence-electron chi connectivity index (χ4n) is 3.54. The molecule has 2 aliphatic rings. The van der Waals surface area contributed by atoms with Crippen molar-refractivity contribution in [2.75, 3.05) is 25.5 Å². The Hall–Kier alpha value is -2.54. The first kappa shape index (κ1) is 23.6. The lowest BCUT2D eigenvalue weighted by Gasteiger charge is -2.17. The van der Waals surface area contributed by atoms with E-state index in [-0.39, 0.29) is 27.9 Å². The Morgan fingerprint density at radius 3 is 2.39 bits per heavy atom. The van der Waals surface area contributed by atoms with Crippen molar-refractivity contribution in [2.24, 2.45) is 0 Å². The van der Waals surface area contributed by atoms with Crippen molar-refractivity contribution < 1.29 is 30.8 Å². The van der Waals surface area contributed by atoms with Crippen molar-refractivity contribution in [1.29, 1.82) is 0 Å².